The molecule has 0 unspecified atom stereocenters. The largest absolute Gasteiger partial charge is 0.452 e. The summed E-state index contributed by atoms with van der Waals surface area (Å²) in [6.07, 6.45) is 0. The van der Waals surface area contributed by atoms with Crippen LogP contribution in [0.3, 0.4) is 0 Å². The van der Waals surface area contributed by atoms with Gasteiger partial charge >= 0.3 is 0 Å². The zero-order valence-corrected chi connectivity index (χ0v) is 19.0. The maximum absolute atomic E-state index is 7.23. The van der Waals surface area contributed by atoms with Gasteiger partial charge in [-0.3, -0.25) is 0 Å². The molecule has 2 aromatic rings. The fourth-order valence-corrected chi connectivity index (χ4v) is 4.13. The highest BCUT2D eigenvalue weighted by Crippen LogP contribution is 2.28. The van der Waals surface area contributed by atoms with Gasteiger partial charge in [-0.25, -0.2) is 16.1 Å². The number of fused-ring (bicyclic) bond motifs is 2. The summed E-state index contributed by atoms with van der Waals surface area (Å²) in [4.78, 5) is 10.6. The van der Waals surface area contributed by atoms with Gasteiger partial charge in [-0.2, -0.15) is 0 Å². The maximum Gasteiger partial charge on any atom is 0.231 e. The predicted octanol–water partition coefficient (Wildman–Crippen LogP) is 4.98. The molecule has 0 saturated carbocycles. The molecule has 5 heteroatoms. The van der Waals surface area contributed by atoms with Gasteiger partial charge in [0, 0.05) is 23.9 Å². The van der Waals surface area contributed by atoms with Gasteiger partial charge in [0.15, 0.2) is 11.3 Å². The lowest BCUT2D eigenvalue weighted by atomic mass is 10.1. The van der Waals surface area contributed by atoms with Crippen molar-refractivity contribution < 1.29 is 4.42 Å². The van der Waals surface area contributed by atoms with Gasteiger partial charge in [-0.1, -0.05) is 30.3 Å². The van der Waals surface area contributed by atoms with Crippen molar-refractivity contribution >= 4 is 16.8 Å². The first kappa shape index (κ1) is 21.6. The van der Waals surface area contributed by atoms with Crippen LogP contribution in [-0.2, 0) is 6.54 Å². The van der Waals surface area contributed by atoms with Crippen LogP contribution in [0.1, 0.15) is 25.0 Å². The molecule has 162 valence electrons. The van der Waals surface area contributed by atoms with Crippen LogP contribution >= 0.6 is 0 Å². The van der Waals surface area contributed by atoms with E-state index in [1.54, 1.807) is 0 Å². The van der Waals surface area contributed by atoms with E-state index in [1.807, 2.05) is 30.3 Å². The van der Waals surface area contributed by atoms with E-state index in [1.165, 1.54) is 16.5 Å². The van der Waals surface area contributed by atoms with E-state index < -0.39 is 0 Å². The van der Waals surface area contributed by atoms with Gasteiger partial charge in [0.2, 0.25) is 11.9 Å². The van der Waals surface area contributed by atoms with Crippen LogP contribution in [0.4, 0.5) is 5.69 Å². The topological polar surface area (TPSA) is 36.6 Å². The molecule has 0 fully saturated rings. The Bertz CT molecular complexity index is 1290. The van der Waals surface area contributed by atoms with Crippen LogP contribution in [0.5, 0.6) is 0 Å². The van der Waals surface area contributed by atoms with Crippen LogP contribution < -0.4 is 14.8 Å². The number of aryl methyl sites for hydroxylation is 1. The molecule has 0 amide bonds. The molecule has 0 radical (unpaired) electrons. The minimum absolute atomic E-state index is 0.449. The van der Waals surface area contributed by atoms with Crippen molar-refractivity contribution in [2.24, 2.45) is 0 Å². The first-order chi connectivity index (χ1) is 15.6. The van der Waals surface area contributed by atoms with Crippen molar-refractivity contribution in [3.8, 4) is 11.5 Å². The van der Waals surface area contributed by atoms with Crippen LogP contribution in [-0.4, -0.2) is 31.2 Å². The molecule has 2 aliphatic rings. The molecular weight excluding hydrogens is 396 g/mol. The molecule has 32 heavy (non-hydrogen) atoms. The Morgan fingerprint density at radius 3 is 2.53 bits per heavy atom. The second-order valence-corrected chi connectivity index (χ2v) is 7.93. The summed E-state index contributed by atoms with van der Waals surface area (Å²) in [7, 11) is 0. The van der Waals surface area contributed by atoms with E-state index in [2.05, 4.69) is 65.4 Å². The number of hydrogen-bond acceptors (Lipinski definition) is 3. The summed E-state index contributed by atoms with van der Waals surface area (Å²) in [6.45, 7) is 17.4. The summed E-state index contributed by atoms with van der Waals surface area (Å²) < 4.78 is 8.68. The number of anilines is 1. The molecule has 0 N–H and O–H groups in total. The van der Waals surface area contributed by atoms with Gasteiger partial charge in [0.05, 0.1) is 12.6 Å². The summed E-state index contributed by atoms with van der Waals surface area (Å²) in [6, 6.07) is 20.7. The summed E-state index contributed by atoms with van der Waals surface area (Å²) in [5.74, 6) is 0.790. The Hall–Kier alpha value is -3.65. The van der Waals surface area contributed by atoms with Crippen LogP contribution in [0.25, 0.3) is 27.4 Å². The Kier molecular flexibility index (Phi) is 6.51. The van der Waals surface area contributed by atoms with E-state index >= 15 is 0 Å². The average Bonchev–Trinajstić information content (AvgIpc) is 2.82. The monoisotopic (exact) mass is 425 g/mol. The van der Waals surface area contributed by atoms with E-state index in [9.17, 15) is 0 Å². The highest BCUT2D eigenvalue weighted by atomic mass is 16.3. The average molecular weight is 426 g/mol. The fraction of sp³-hybridized carbons (Fsp3) is 0.296. The van der Waals surface area contributed by atoms with Crippen molar-refractivity contribution in [2.45, 2.75) is 27.3 Å². The second kappa shape index (κ2) is 9.65. The Morgan fingerprint density at radius 1 is 1.03 bits per heavy atom. The molecule has 0 atom stereocenters. The van der Waals surface area contributed by atoms with E-state index in [0.717, 1.165) is 47.9 Å². The molecule has 0 spiro atoms. The quantitative estimate of drug-likeness (QED) is 0.238. The normalized spacial score (nSPS) is 10.9. The first-order valence-corrected chi connectivity index (χ1v) is 11.2. The molecular formula is C27H29N4O+. The second-order valence-electron chi connectivity index (χ2n) is 7.93. The number of rotatable bonds is 7. The molecule has 0 aromatic heterocycles. The van der Waals surface area contributed by atoms with Gasteiger partial charge in [0.25, 0.3) is 0 Å². The smallest absolute Gasteiger partial charge is 0.231 e. The highest BCUT2D eigenvalue weighted by molar-refractivity contribution is 5.80. The minimum Gasteiger partial charge on any atom is -0.452 e. The van der Waals surface area contributed by atoms with E-state index in [0.29, 0.717) is 13.1 Å². The van der Waals surface area contributed by atoms with Crippen molar-refractivity contribution in [3.05, 3.63) is 88.6 Å². The SMILES string of the molecule is [C-]#[N+]CCN(Cc1ccccc1)c1ccc2nc3cc(C)c(=[N+](CC)CC)cc-3oc2c1. The summed E-state index contributed by atoms with van der Waals surface area (Å²) in [5.41, 5.74) is 5.91. The minimum atomic E-state index is 0.449. The number of hydrogen-bond donors (Lipinski definition) is 0. The molecule has 0 saturated heterocycles. The Balaban J connectivity index is 1.80. The standard InChI is InChI=1S/C27H29N4O/c1-5-30(6-2)25-18-27-24(16-20(25)3)29-23-13-12-22(17-26(23)32-27)31(15-14-28-4)19-21-10-8-7-9-11-21/h7-13,16-18H,5-6,14-15,19H2,1-3H3/q+1. The van der Waals surface area contributed by atoms with Crippen molar-refractivity contribution in [2.75, 3.05) is 31.1 Å². The molecule has 2 aromatic carbocycles. The predicted molar refractivity (Wildman–Crippen MR) is 131 cm³/mol. The van der Waals surface area contributed by atoms with Gasteiger partial charge in [0.1, 0.15) is 24.3 Å². The van der Waals surface area contributed by atoms with Gasteiger partial charge < -0.3 is 14.2 Å². The molecule has 1 aliphatic carbocycles. The molecule has 0 bridgehead atoms. The third-order valence-electron chi connectivity index (χ3n) is 5.85. The molecule has 5 nitrogen and oxygen atoms in total. The first-order valence-electron chi connectivity index (χ1n) is 11.2. The van der Waals surface area contributed by atoms with E-state index in [-0.39, 0.29) is 0 Å². The van der Waals surface area contributed by atoms with Crippen LogP contribution in [0.15, 0.2) is 65.1 Å². The summed E-state index contributed by atoms with van der Waals surface area (Å²) >= 11 is 0. The van der Waals surface area contributed by atoms with Gasteiger partial charge in [-0.15, -0.1) is 0 Å². The van der Waals surface area contributed by atoms with Crippen LogP contribution in [0, 0.1) is 13.5 Å². The fourth-order valence-electron chi connectivity index (χ4n) is 4.13. The summed E-state index contributed by atoms with van der Waals surface area (Å²) in [5, 5.41) is 1.19. The van der Waals surface area contributed by atoms with E-state index in [4.69, 9.17) is 16.0 Å². The van der Waals surface area contributed by atoms with Crippen molar-refractivity contribution in [3.63, 3.8) is 0 Å². The molecule has 4 rings (SSSR count). The number of nitrogens with zero attached hydrogens (tertiary/aromatic N) is 4. The lowest BCUT2D eigenvalue weighted by Gasteiger charge is -2.23. The molecule has 1 aliphatic heterocycles. The lowest BCUT2D eigenvalue weighted by Crippen LogP contribution is -2.31. The molecule has 1 heterocycles. The zero-order valence-electron chi connectivity index (χ0n) is 19.0. The third-order valence-corrected chi connectivity index (χ3v) is 5.85. The van der Waals surface area contributed by atoms with Crippen molar-refractivity contribution in [1.29, 1.82) is 0 Å². The maximum atomic E-state index is 7.23. The lowest BCUT2D eigenvalue weighted by molar-refractivity contribution is 0.598. The Morgan fingerprint density at radius 2 is 1.81 bits per heavy atom. The highest BCUT2D eigenvalue weighted by Gasteiger charge is 2.16. The number of aromatic nitrogens is 1. The van der Waals surface area contributed by atoms with Gasteiger partial charge in [-0.05, 0) is 44.5 Å². The Labute approximate surface area is 189 Å². The zero-order chi connectivity index (χ0) is 22.5. The van der Waals surface area contributed by atoms with Crippen LogP contribution in [0.2, 0.25) is 0 Å². The number of benzene rings is 3. The third kappa shape index (κ3) is 4.50. The van der Waals surface area contributed by atoms with Crippen molar-refractivity contribution in [1.82, 2.24) is 9.56 Å².